The molecule has 0 aliphatic carbocycles. The van der Waals surface area contributed by atoms with Crippen molar-refractivity contribution in [2.45, 2.75) is 31.8 Å². The monoisotopic (exact) mass is 237 g/mol. The van der Waals surface area contributed by atoms with E-state index in [2.05, 4.69) is 0 Å². The highest BCUT2D eigenvalue weighted by atomic mass is 19.3. The van der Waals surface area contributed by atoms with Crippen molar-refractivity contribution in [2.75, 3.05) is 26.2 Å². The second kappa shape index (κ2) is 5.54. The lowest BCUT2D eigenvalue weighted by Crippen LogP contribution is -2.50. The van der Waals surface area contributed by atoms with Crippen LogP contribution in [-0.2, 0) is 9.53 Å². The lowest BCUT2D eigenvalue weighted by molar-refractivity contribution is -0.170. The van der Waals surface area contributed by atoms with Crippen LogP contribution in [0.4, 0.5) is 8.78 Å². The Balaban J connectivity index is 2.43. The normalized spacial score (nSPS) is 21.1. The molecule has 1 fully saturated rings. The first-order valence-corrected chi connectivity index (χ1v) is 5.38. The lowest BCUT2D eigenvalue weighted by atomic mass is 9.91. The first-order chi connectivity index (χ1) is 7.48. The van der Waals surface area contributed by atoms with Crippen LogP contribution in [0, 0.1) is 0 Å². The van der Waals surface area contributed by atoms with Gasteiger partial charge in [-0.15, -0.1) is 0 Å². The molecule has 4 nitrogen and oxygen atoms in total. The van der Waals surface area contributed by atoms with Gasteiger partial charge in [0, 0.05) is 13.1 Å². The summed E-state index contributed by atoms with van der Waals surface area (Å²) in [5, 5.41) is 9.93. The highest BCUT2D eigenvalue weighted by Crippen LogP contribution is 2.24. The third-order valence-electron chi connectivity index (χ3n) is 2.73. The first kappa shape index (κ1) is 13.3. The minimum Gasteiger partial charge on any atom is -0.464 e. The third kappa shape index (κ3) is 3.38. The van der Waals surface area contributed by atoms with Crippen LogP contribution in [-0.4, -0.2) is 54.2 Å². The van der Waals surface area contributed by atoms with E-state index in [-0.39, 0.29) is 26.0 Å². The zero-order valence-corrected chi connectivity index (χ0v) is 9.29. The number of aliphatic hydroxyl groups is 1. The molecule has 0 spiro atoms. The number of esters is 1. The predicted octanol–water partition coefficient (Wildman–Crippen LogP) is 0.642. The van der Waals surface area contributed by atoms with Gasteiger partial charge >= 0.3 is 5.97 Å². The fourth-order valence-corrected chi connectivity index (χ4v) is 1.77. The molecule has 94 valence electrons. The summed E-state index contributed by atoms with van der Waals surface area (Å²) < 4.78 is 28.9. The number of hydrogen-bond donors (Lipinski definition) is 1. The van der Waals surface area contributed by atoms with Crippen molar-refractivity contribution in [3.05, 3.63) is 0 Å². The van der Waals surface area contributed by atoms with E-state index in [1.165, 1.54) is 0 Å². The van der Waals surface area contributed by atoms with Crippen molar-refractivity contribution in [1.82, 2.24) is 4.90 Å². The van der Waals surface area contributed by atoms with Crippen LogP contribution in [0.25, 0.3) is 0 Å². The van der Waals surface area contributed by atoms with Crippen molar-refractivity contribution in [3.8, 4) is 0 Å². The van der Waals surface area contributed by atoms with Crippen molar-refractivity contribution in [2.24, 2.45) is 0 Å². The number of rotatable bonds is 4. The van der Waals surface area contributed by atoms with Crippen molar-refractivity contribution in [1.29, 1.82) is 0 Å². The molecule has 0 aromatic heterocycles. The molecule has 0 bridgehead atoms. The number of likely N-dealkylation sites (tertiary alicyclic amines) is 1. The fraction of sp³-hybridized carbons (Fsp3) is 0.900. The molecule has 0 saturated carbocycles. The molecule has 1 aliphatic rings. The molecule has 16 heavy (non-hydrogen) atoms. The maximum Gasteiger partial charge on any atom is 0.338 e. The molecule has 6 heteroatoms. The molecule has 0 amide bonds. The van der Waals surface area contributed by atoms with Gasteiger partial charge in [0.25, 0.3) is 6.43 Å². The van der Waals surface area contributed by atoms with Crippen LogP contribution in [0.15, 0.2) is 0 Å². The van der Waals surface area contributed by atoms with E-state index >= 15 is 0 Å². The van der Waals surface area contributed by atoms with Crippen LogP contribution in [0.1, 0.15) is 19.8 Å². The summed E-state index contributed by atoms with van der Waals surface area (Å²) in [6, 6.07) is 0. The first-order valence-electron chi connectivity index (χ1n) is 5.38. The Kier molecular flexibility index (Phi) is 4.61. The van der Waals surface area contributed by atoms with Crippen molar-refractivity contribution in [3.63, 3.8) is 0 Å². The van der Waals surface area contributed by atoms with Gasteiger partial charge in [-0.25, -0.2) is 13.6 Å². The number of alkyl halides is 2. The van der Waals surface area contributed by atoms with Gasteiger partial charge in [0.05, 0.1) is 13.2 Å². The topological polar surface area (TPSA) is 49.8 Å². The number of hydrogen-bond acceptors (Lipinski definition) is 4. The van der Waals surface area contributed by atoms with Gasteiger partial charge in [0.2, 0.25) is 0 Å². The highest BCUT2D eigenvalue weighted by Gasteiger charge is 2.40. The van der Waals surface area contributed by atoms with E-state index in [1.807, 2.05) is 0 Å². The number of carbonyl (C=O) groups is 1. The summed E-state index contributed by atoms with van der Waals surface area (Å²) in [6.07, 6.45) is -2.08. The number of halogens is 2. The molecule has 0 aromatic rings. The molecule has 1 heterocycles. The van der Waals surface area contributed by atoms with Crippen LogP contribution >= 0.6 is 0 Å². The minimum absolute atomic E-state index is 0.151. The number of ether oxygens (including phenoxy) is 1. The molecule has 0 aromatic carbocycles. The van der Waals surface area contributed by atoms with Crippen molar-refractivity contribution < 1.29 is 23.4 Å². The second-order valence-corrected chi connectivity index (χ2v) is 3.94. The Morgan fingerprint density at radius 1 is 1.50 bits per heavy atom. The molecular weight excluding hydrogens is 220 g/mol. The maximum atomic E-state index is 12.1. The van der Waals surface area contributed by atoms with Gasteiger partial charge in [-0.1, -0.05) is 0 Å². The molecule has 0 unspecified atom stereocenters. The second-order valence-electron chi connectivity index (χ2n) is 3.94. The zero-order chi connectivity index (χ0) is 12.2. The lowest BCUT2D eigenvalue weighted by Gasteiger charge is -2.36. The van der Waals surface area contributed by atoms with E-state index < -0.39 is 18.0 Å². The highest BCUT2D eigenvalue weighted by molar-refractivity contribution is 5.79. The van der Waals surface area contributed by atoms with E-state index in [0.29, 0.717) is 13.1 Å². The molecule has 1 saturated heterocycles. The van der Waals surface area contributed by atoms with Crippen molar-refractivity contribution >= 4 is 5.97 Å². The summed E-state index contributed by atoms with van der Waals surface area (Å²) in [5.41, 5.74) is -1.49. The van der Waals surface area contributed by atoms with Gasteiger partial charge in [0.1, 0.15) is 0 Å². The number of carbonyl (C=O) groups excluding carboxylic acids is 1. The molecule has 0 atom stereocenters. The number of piperidine rings is 1. The molecule has 1 rings (SSSR count). The minimum atomic E-state index is -2.38. The van der Waals surface area contributed by atoms with Gasteiger partial charge in [-0.2, -0.15) is 0 Å². The summed E-state index contributed by atoms with van der Waals surface area (Å²) >= 11 is 0. The summed E-state index contributed by atoms with van der Waals surface area (Å²) in [5.74, 6) is -0.647. The maximum absolute atomic E-state index is 12.1. The summed E-state index contributed by atoms with van der Waals surface area (Å²) in [7, 11) is 0. The zero-order valence-electron chi connectivity index (χ0n) is 9.29. The third-order valence-corrected chi connectivity index (χ3v) is 2.73. The Labute approximate surface area is 93.2 Å². The van der Waals surface area contributed by atoms with Gasteiger partial charge in [-0.3, -0.25) is 4.90 Å². The largest absolute Gasteiger partial charge is 0.464 e. The summed E-state index contributed by atoms with van der Waals surface area (Å²) in [4.78, 5) is 12.9. The smallest absolute Gasteiger partial charge is 0.338 e. The van der Waals surface area contributed by atoms with Crippen LogP contribution in [0.2, 0.25) is 0 Å². The SMILES string of the molecule is CCOC(=O)C1(O)CCN(CC(F)F)CC1. The number of nitrogens with zero attached hydrogens (tertiary/aromatic N) is 1. The molecule has 0 radical (unpaired) electrons. The molecular formula is C10H17F2NO3. The predicted molar refractivity (Wildman–Crippen MR) is 53.3 cm³/mol. The Morgan fingerprint density at radius 2 is 2.06 bits per heavy atom. The van der Waals surface area contributed by atoms with Crippen LogP contribution in [0.5, 0.6) is 0 Å². The Bertz CT molecular complexity index is 240. The van der Waals surface area contributed by atoms with Gasteiger partial charge < -0.3 is 9.84 Å². The average Bonchev–Trinajstić information content (AvgIpc) is 2.21. The molecule has 1 N–H and O–H groups in total. The van der Waals surface area contributed by atoms with E-state index in [0.717, 1.165) is 0 Å². The Hall–Kier alpha value is -0.750. The quantitative estimate of drug-likeness (QED) is 0.729. The average molecular weight is 237 g/mol. The van der Waals surface area contributed by atoms with Gasteiger partial charge in [0.15, 0.2) is 5.60 Å². The standard InChI is InChI=1S/C10H17F2NO3/c1-2-16-9(14)10(15)3-5-13(6-4-10)7-8(11)12/h8,15H,2-7H2,1H3. The van der Waals surface area contributed by atoms with Crippen LogP contribution < -0.4 is 0 Å². The van der Waals surface area contributed by atoms with Gasteiger partial charge in [-0.05, 0) is 19.8 Å². The molecule has 1 aliphatic heterocycles. The van der Waals surface area contributed by atoms with E-state index in [9.17, 15) is 18.7 Å². The fourth-order valence-electron chi connectivity index (χ4n) is 1.77. The van der Waals surface area contributed by atoms with E-state index in [1.54, 1.807) is 11.8 Å². The van der Waals surface area contributed by atoms with Crippen LogP contribution in [0.3, 0.4) is 0 Å². The Morgan fingerprint density at radius 3 is 2.50 bits per heavy atom. The van der Waals surface area contributed by atoms with E-state index in [4.69, 9.17) is 4.74 Å². The summed E-state index contributed by atoms with van der Waals surface area (Å²) in [6.45, 7) is 2.15.